The largest absolute Gasteiger partial charge is 0.481 e. The number of nitrogens with one attached hydrogen (secondary N) is 1. The Morgan fingerprint density at radius 1 is 1.27 bits per heavy atom. The predicted octanol–water partition coefficient (Wildman–Crippen LogP) is 3.00. The molecule has 0 fully saturated rings. The molecule has 0 spiro atoms. The molecule has 1 unspecified atom stereocenters. The van der Waals surface area contributed by atoms with Gasteiger partial charge in [-0.25, -0.2) is 4.98 Å². The van der Waals surface area contributed by atoms with Crippen molar-refractivity contribution < 1.29 is 9.53 Å². The highest BCUT2D eigenvalue weighted by Crippen LogP contribution is 2.19. The number of hydrogen-bond donors (Lipinski definition) is 1. The van der Waals surface area contributed by atoms with E-state index in [-0.39, 0.29) is 18.0 Å². The first-order valence-electron chi connectivity index (χ1n) is 8.09. The van der Waals surface area contributed by atoms with Crippen LogP contribution < -0.4 is 10.3 Å². The number of halogens is 1. The number of amides is 1. The van der Waals surface area contributed by atoms with Gasteiger partial charge < -0.3 is 14.6 Å². The van der Waals surface area contributed by atoms with E-state index < -0.39 is 6.10 Å². The molecule has 0 saturated carbocycles. The summed E-state index contributed by atoms with van der Waals surface area (Å²) in [7, 11) is 1.63. The molecule has 0 saturated heterocycles. The maximum absolute atomic E-state index is 12.5. The molecule has 134 valence electrons. The fourth-order valence-electron chi connectivity index (χ4n) is 2.62. The molecule has 0 aliphatic carbocycles. The van der Waals surface area contributed by atoms with Crippen molar-refractivity contribution in [2.75, 3.05) is 7.05 Å². The molecular formula is C19H18ClN3O3. The van der Waals surface area contributed by atoms with Crippen molar-refractivity contribution in [3.63, 3.8) is 0 Å². The number of aromatic amines is 1. The van der Waals surface area contributed by atoms with Gasteiger partial charge in [0.25, 0.3) is 11.5 Å². The van der Waals surface area contributed by atoms with E-state index in [0.29, 0.717) is 27.5 Å². The zero-order valence-electron chi connectivity index (χ0n) is 14.4. The maximum atomic E-state index is 12.5. The van der Waals surface area contributed by atoms with Crippen LogP contribution in [-0.2, 0) is 11.3 Å². The summed E-state index contributed by atoms with van der Waals surface area (Å²) in [6, 6.07) is 13.9. The van der Waals surface area contributed by atoms with E-state index in [0.717, 1.165) is 0 Å². The summed E-state index contributed by atoms with van der Waals surface area (Å²) >= 11 is 5.92. The van der Waals surface area contributed by atoms with E-state index in [1.54, 1.807) is 56.4 Å². The first-order valence-corrected chi connectivity index (χ1v) is 8.47. The van der Waals surface area contributed by atoms with E-state index in [2.05, 4.69) is 9.97 Å². The second-order valence-corrected chi connectivity index (χ2v) is 6.38. The average Bonchev–Trinajstić information content (AvgIpc) is 2.61. The number of carbonyl (C=O) groups excluding carboxylic acids is 1. The monoisotopic (exact) mass is 371 g/mol. The Bertz CT molecular complexity index is 1000. The molecule has 0 bridgehead atoms. The minimum absolute atomic E-state index is 0.169. The number of H-pyrrole nitrogens is 1. The lowest BCUT2D eigenvalue weighted by Crippen LogP contribution is -2.38. The van der Waals surface area contributed by atoms with Gasteiger partial charge in [-0.15, -0.1) is 0 Å². The quantitative estimate of drug-likeness (QED) is 0.748. The number of nitrogens with zero attached hydrogens (tertiary/aromatic N) is 2. The molecule has 26 heavy (non-hydrogen) atoms. The molecule has 1 N–H and O–H groups in total. The molecule has 3 rings (SSSR count). The summed E-state index contributed by atoms with van der Waals surface area (Å²) in [4.78, 5) is 33.2. The Hall–Kier alpha value is -2.86. The van der Waals surface area contributed by atoms with Gasteiger partial charge in [0.2, 0.25) is 0 Å². The molecule has 1 aromatic heterocycles. The lowest BCUT2D eigenvalue weighted by molar-refractivity contribution is -0.137. The first kappa shape index (κ1) is 17.9. The van der Waals surface area contributed by atoms with E-state index in [9.17, 15) is 9.59 Å². The molecule has 1 amide bonds. The molecule has 0 aliphatic heterocycles. The van der Waals surface area contributed by atoms with Gasteiger partial charge in [0.1, 0.15) is 11.6 Å². The minimum Gasteiger partial charge on any atom is -0.481 e. The normalized spacial score (nSPS) is 12.0. The van der Waals surface area contributed by atoms with Gasteiger partial charge in [-0.2, -0.15) is 0 Å². The number of benzene rings is 2. The van der Waals surface area contributed by atoms with Crippen LogP contribution in [0.25, 0.3) is 10.9 Å². The number of hydrogen-bond acceptors (Lipinski definition) is 4. The summed E-state index contributed by atoms with van der Waals surface area (Å²) < 4.78 is 5.64. The highest BCUT2D eigenvalue weighted by Gasteiger charge is 2.20. The Balaban J connectivity index is 1.71. The number of fused-ring (bicyclic) bond motifs is 1. The molecule has 3 aromatic rings. The molecule has 6 nitrogen and oxygen atoms in total. The molecule has 0 aliphatic rings. The van der Waals surface area contributed by atoms with E-state index in [1.165, 1.54) is 4.90 Å². The van der Waals surface area contributed by atoms with Crippen molar-refractivity contribution in [1.29, 1.82) is 0 Å². The van der Waals surface area contributed by atoms with Gasteiger partial charge in [-0.05, 0) is 37.3 Å². The predicted molar refractivity (Wildman–Crippen MR) is 100 cm³/mol. The zero-order valence-corrected chi connectivity index (χ0v) is 15.2. The number of para-hydroxylation sites is 1. The third-order valence-corrected chi connectivity index (χ3v) is 4.12. The van der Waals surface area contributed by atoms with Crippen LogP contribution in [0.1, 0.15) is 12.7 Å². The van der Waals surface area contributed by atoms with E-state index in [1.807, 2.05) is 6.07 Å². The average molecular weight is 372 g/mol. The number of likely N-dealkylation sites (N-methyl/N-ethyl adjacent to an activating group) is 1. The molecule has 7 heteroatoms. The van der Waals surface area contributed by atoms with E-state index in [4.69, 9.17) is 16.3 Å². The van der Waals surface area contributed by atoms with Gasteiger partial charge in [-0.1, -0.05) is 29.8 Å². The summed E-state index contributed by atoms with van der Waals surface area (Å²) in [5.41, 5.74) is 0.366. The van der Waals surface area contributed by atoms with Gasteiger partial charge in [0, 0.05) is 12.1 Å². The Kier molecular flexibility index (Phi) is 5.23. The van der Waals surface area contributed by atoms with Crippen molar-refractivity contribution in [2.45, 2.75) is 19.6 Å². The lowest BCUT2D eigenvalue weighted by atomic mass is 10.2. The summed E-state index contributed by atoms with van der Waals surface area (Å²) in [6.45, 7) is 1.83. The van der Waals surface area contributed by atoms with Crippen molar-refractivity contribution >= 4 is 28.4 Å². The van der Waals surface area contributed by atoms with Gasteiger partial charge in [0.05, 0.1) is 17.4 Å². The maximum Gasteiger partial charge on any atom is 0.263 e. The van der Waals surface area contributed by atoms with Crippen LogP contribution in [0.15, 0.2) is 53.3 Å². The van der Waals surface area contributed by atoms with Crippen molar-refractivity contribution in [3.8, 4) is 5.75 Å². The van der Waals surface area contributed by atoms with Crippen molar-refractivity contribution in [3.05, 3.63) is 69.7 Å². The second kappa shape index (κ2) is 7.58. The van der Waals surface area contributed by atoms with Crippen LogP contribution in [0.4, 0.5) is 0 Å². The van der Waals surface area contributed by atoms with E-state index >= 15 is 0 Å². The first-order chi connectivity index (χ1) is 12.4. The lowest BCUT2D eigenvalue weighted by Gasteiger charge is -2.22. The van der Waals surface area contributed by atoms with Gasteiger partial charge in [-0.3, -0.25) is 9.59 Å². The smallest absolute Gasteiger partial charge is 0.263 e. The Labute approximate surface area is 155 Å². The minimum atomic E-state index is -0.703. The summed E-state index contributed by atoms with van der Waals surface area (Å²) in [5.74, 6) is 0.698. The molecular weight excluding hydrogens is 354 g/mol. The van der Waals surface area contributed by atoms with Crippen LogP contribution in [0, 0.1) is 0 Å². The summed E-state index contributed by atoms with van der Waals surface area (Å²) in [6.07, 6.45) is -0.703. The zero-order chi connectivity index (χ0) is 18.7. The van der Waals surface area contributed by atoms with Crippen molar-refractivity contribution in [2.24, 2.45) is 0 Å². The Morgan fingerprint density at radius 3 is 2.81 bits per heavy atom. The second-order valence-electron chi connectivity index (χ2n) is 5.94. The van der Waals surface area contributed by atoms with Crippen LogP contribution in [0.5, 0.6) is 5.75 Å². The highest BCUT2D eigenvalue weighted by atomic mass is 35.5. The highest BCUT2D eigenvalue weighted by molar-refractivity contribution is 6.30. The number of rotatable bonds is 5. The summed E-state index contributed by atoms with van der Waals surface area (Å²) in [5, 5.41) is 1.05. The number of ether oxygens (including phenoxy) is 1. The topological polar surface area (TPSA) is 75.3 Å². The van der Waals surface area contributed by atoms with Crippen LogP contribution in [0.3, 0.4) is 0 Å². The molecule has 1 atom stereocenters. The third kappa shape index (κ3) is 4.03. The standard InChI is InChI=1S/C19H18ClN3O3/c1-12(26-14-7-5-6-13(20)10-14)19(25)23(2)11-17-21-16-9-4-3-8-15(16)18(24)22-17/h3-10,12H,11H2,1-2H3,(H,21,22,24). The number of carbonyl (C=O) groups is 1. The Morgan fingerprint density at radius 2 is 2.04 bits per heavy atom. The van der Waals surface area contributed by atoms with Crippen molar-refractivity contribution in [1.82, 2.24) is 14.9 Å². The van der Waals surface area contributed by atoms with Gasteiger partial charge in [0.15, 0.2) is 6.10 Å². The fourth-order valence-corrected chi connectivity index (χ4v) is 2.80. The molecule has 1 heterocycles. The fraction of sp³-hybridized carbons (Fsp3) is 0.211. The van der Waals surface area contributed by atoms with Crippen LogP contribution >= 0.6 is 11.6 Å². The van der Waals surface area contributed by atoms with Gasteiger partial charge >= 0.3 is 0 Å². The van der Waals surface area contributed by atoms with Crippen LogP contribution in [-0.4, -0.2) is 33.9 Å². The third-order valence-electron chi connectivity index (χ3n) is 3.88. The number of aromatic nitrogens is 2. The molecule has 2 aromatic carbocycles. The SMILES string of the molecule is CC(Oc1cccc(Cl)c1)C(=O)N(C)Cc1nc2ccccc2c(=O)[nH]1. The molecule has 0 radical (unpaired) electrons. The van der Waals surface area contributed by atoms with Crippen LogP contribution in [0.2, 0.25) is 5.02 Å².